The van der Waals surface area contributed by atoms with E-state index in [4.69, 9.17) is 0 Å². The predicted molar refractivity (Wildman–Crippen MR) is 47.6 cm³/mol. The van der Waals surface area contributed by atoms with E-state index in [-0.39, 0.29) is 0 Å². The lowest BCUT2D eigenvalue weighted by Gasteiger charge is -2.33. The molecule has 1 atom stereocenters. The molecular formula is C7F15NO3S. The minimum Gasteiger partial charge on any atom is -0.236 e. The monoisotopic (exact) mass is 463 g/mol. The fraction of sp³-hybridized carbons (Fsp3) is 1.00. The van der Waals surface area contributed by atoms with Gasteiger partial charge in [-0.1, -0.05) is 0 Å². The highest BCUT2D eigenvalue weighted by Crippen LogP contribution is 2.63. The smallest absolute Gasteiger partial charge is 0.236 e. The maximum Gasteiger partial charge on any atom is 0.460 e. The standard InChI is InChI=1S/C7F15NO3S/c8-1(9,4(12,13)14)2(10,11)7(21,22)27(24,25)23-3(26-23,5(15,16)17)6(18,19)20. The van der Waals surface area contributed by atoms with Crippen molar-refractivity contribution in [3.63, 3.8) is 0 Å². The zero-order valence-corrected chi connectivity index (χ0v) is 12.1. The Balaban J connectivity index is 3.57. The van der Waals surface area contributed by atoms with Gasteiger partial charge in [-0.15, -0.1) is 0 Å². The van der Waals surface area contributed by atoms with Crippen LogP contribution in [0.5, 0.6) is 0 Å². The van der Waals surface area contributed by atoms with Gasteiger partial charge in [-0.3, -0.25) is 0 Å². The van der Waals surface area contributed by atoms with Crippen molar-refractivity contribution < 1.29 is 79.1 Å². The van der Waals surface area contributed by atoms with E-state index in [1.807, 2.05) is 0 Å². The Kier molecular flexibility index (Phi) is 4.82. The van der Waals surface area contributed by atoms with Crippen molar-refractivity contribution in [1.82, 2.24) is 4.47 Å². The Morgan fingerprint density at radius 3 is 1.19 bits per heavy atom. The second-order valence-corrected chi connectivity index (χ2v) is 6.42. The third-order valence-electron chi connectivity index (χ3n) is 2.87. The van der Waals surface area contributed by atoms with Gasteiger partial charge < -0.3 is 0 Å². The van der Waals surface area contributed by atoms with Crippen molar-refractivity contribution in [2.24, 2.45) is 0 Å². The predicted octanol–water partition coefficient (Wildman–Crippen LogP) is 3.81. The number of nitrogens with zero attached hydrogens (tertiary/aromatic N) is 1. The van der Waals surface area contributed by atoms with Crippen molar-refractivity contribution >= 4 is 10.0 Å². The molecule has 0 aromatic carbocycles. The summed E-state index contributed by atoms with van der Waals surface area (Å²) >= 11 is 0. The molecule has 0 bridgehead atoms. The topological polar surface area (TPSA) is 49.7 Å². The molecule has 162 valence electrons. The summed E-state index contributed by atoms with van der Waals surface area (Å²) in [6.45, 7) is 0. The largest absolute Gasteiger partial charge is 0.460 e. The summed E-state index contributed by atoms with van der Waals surface area (Å²) in [5.74, 6) is -15.9. The maximum atomic E-state index is 13.2. The van der Waals surface area contributed by atoms with Crippen molar-refractivity contribution in [2.45, 2.75) is 41.4 Å². The Morgan fingerprint density at radius 2 is 0.963 bits per heavy atom. The lowest BCUT2D eigenvalue weighted by Crippen LogP contribution is -2.65. The van der Waals surface area contributed by atoms with Gasteiger partial charge in [0.2, 0.25) is 0 Å². The van der Waals surface area contributed by atoms with Crippen LogP contribution < -0.4 is 0 Å². The van der Waals surface area contributed by atoms with Crippen molar-refractivity contribution in [1.29, 1.82) is 0 Å². The van der Waals surface area contributed by atoms with Crippen LogP contribution >= 0.6 is 0 Å². The number of hydrogen-bond acceptors (Lipinski definition) is 3. The van der Waals surface area contributed by atoms with E-state index < -0.39 is 55.8 Å². The molecule has 27 heavy (non-hydrogen) atoms. The number of hydrogen-bond donors (Lipinski definition) is 0. The number of halogens is 15. The van der Waals surface area contributed by atoms with Gasteiger partial charge in [0.15, 0.2) is 0 Å². The molecule has 1 aliphatic rings. The lowest BCUT2D eigenvalue weighted by molar-refractivity contribution is -0.382. The Morgan fingerprint density at radius 1 is 0.630 bits per heavy atom. The third kappa shape index (κ3) is 2.81. The lowest BCUT2D eigenvalue weighted by atomic mass is 10.1. The molecule has 0 spiro atoms. The van der Waals surface area contributed by atoms with Gasteiger partial charge in [0, 0.05) is 0 Å². The van der Waals surface area contributed by atoms with Crippen molar-refractivity contribution in [3.05, 3.63) is 0 Å². The summed E-state index contributed by atoms with van der Waals surface area (Å²) in [7, 11) is -8.23. The van der Waals surface area contributed by atoms with Crippen LogP contribution in [0.25, 0.3) is 0 Å². The van der Waals surface area contributed by atoms with Gasteiger partial charge in [0.1, 0.15) is 0 Å². The first-order valence-electron chi connectivity index (χ1n) is 5.42. The summed E-state index contributed by atoms with van der Waals surface area (Å²) in [5.41, 5.74) is -6.19. The highest BCUT2D eigenvalue weighted by atomic mass is 32.2. The Hall–Kier alpha value is -1.18. The zero-order valence-electron chi connectivity index (χ0n) is 11.2. The molecule has 0 aromatic rings. The van der Waals surface area contributed by atoms with Crippen LogP contribution in [0, 0.1) is 0 Å². The average Bonchev–Trinajstić information content (AvgIpc) is 3.12. The second kappa shape index (κ2) is 5.45. The molecule has 1 saturated heterocycles. The second-order valence-electron chi connectivity index (χ2n) is 4.63. The highest BCUT2D eigenvalue weighted by Gasteiger charge is 2.95. The number of rotatable bonds is 4. The first-order chi connectivity index (χ1) is 11.3. The summed E-state index contributed by atoms with van der Waals surface area (Å²) in [5, 5.41) is -7.82. The Bertz CT molecular complexity index is 686. The molecule has 0 saturated carbocycles. The molecule has 0 aliphatic carbocycles. The SMILES string of the molecule is O=S(=O)(N1OC1(C(F)(F)F)C(F)(F)F)C(F)(F)C(F)(F)C(F)(F)C(F)(F)F. The van der Waals surface area contributed by atoms with Crippen molar-refractivity contribution in [3.8, 4) is 0 Å². The molecule has 1 fully saturated rings. The fourth-order valence-electron chi connectivity index (χ4n) is 1.42. The zero-order chi connectivity index (χ0) is 22.3. The van der Waals surface area contributed by atoms with Crippen LogP contribution in [-0.4, -0.2) is 54.2 Å². The minimum absolute atomic E-state index is 2.43. The van der Waals surface area contributed by atoms with E-state index in [2.05, 4.69) is 4.84 Å². The molecule has 1 aliphatic heterocycles. The van der Waals surface area contributed by atoms with Gasteiger partial charge >= 0.3 is 51.4 Å². The summed E-state index contributed by atoms with van der Waals surface area (Å²) in [6.07, 6.45) is -21.5. The van der Waals surface area contributed by atoms with E-state index in [0.717, 1.165) is 0 Å². The van der Waals surface area contributed by atoms with Crippen LogP contribution in [0.15, 0.2) is 0 Å². The molecule has 0 amide bonds. The van der Waals surface area contributed by atoms with Crippen LogP contribution in [-0.2, 0) is 14.9 Å². The normalized spacial score (nSPS) is 22.7. The van der Waals surface area contributed by atoms with Crippen LogP contribution in [0.2, 0.25) is 0 Å². The Labute approximate surface area is 136 Å². The van der Waals surface area contributed by atoms with E-state index >= 15 is 0 Å². The fourth-order valence-corrected chi connectivity index (χ4v) is 2.83. The van der Waals surface area contributed by atoms with Crippen LogP contribution in [0.1, 0.15) is 0 Å². The highest BCUT2D eigenvalue weighted by molar-refractivity contribution is 7.90. The maximum absolute atomic E-state index is 13.2. The summed E-state index contributed by atoms with van der Waals surface area (Å²) in [4.78, 5) is 2.43. The summed E-state index contributed by atoms with van der Waals surface area (Å²) in [6, 6.07) is 0. The van der Waals surface area contributed by atoms with Gasteiger partial charge in [-0.25, -0.2) is 13.3 Å². The van der Waals surface area contributed by atoms with E-state index in [9.17, 15) is 74.3 Å². The van der Waals surface area contributed by atoms with E-state index in [1.165, 1.54) is 0 Å². The molecule has 1 heterocycles. The van der Waals surface area contributed by atoms with Crippen LogP contribution in [0.3, 0.4) is 0 Å². The van der Waals surface area contributed by atoms with Gasteiger partial charge in [-0.2, -0.15) is 65.9 Å². The van der Waals surface area contributed by atoms with E-state index in [0.29, 0.717) is 0 Å². The van der Waals surface area contributed by atoms with Gasteiger partial charge in [-0.05, 0) is 4.47 Å². The first-order valence-corrected chi connectivity index (χ1v) is 6.86. The molecule has 0 aromatic heterocycles. The molecule has 4 nitrogen and oxygen atoms in total. The molecule has 0 N–H and O–H groups in total. The third-order valence-corrected chi connectivity index (χ3v) is 4.54. The molecule has 20 heteroatoms. The van der Waals surface area contributed by atoms with Crippen molar-refractivity contribution in [2.75, 3.05) is 0 Å². The summed E-state index contributed by atoms with van der Waals surface area (Å²) < 4.78 is 206. The number of sulfonamides is 1. The van der Waals surface area contributed by atoms with Crippen LogP contribution in [0.4, 0.5) is 65.9 Å². The molecule has 1 unspecified atom stereocenters. The quantitative estimate of drug-likeness (QED) is 0.471. The number of alkyl halides is 15. The minimum atomic E-state index is -8.23. The average molecular weight is 463 g/mol. The molecule has 1 rings (SSSR count). The molecule has 0 radical (unpaired) electrons. The van der Waals surface area contributed by atoms with Gasteiger partial charge in [0.05, 0.1) is 0 Å². The molecular weight excluding hydrogens is 463 g/mol. The first kappa shape index (κ1) is 23.9. The van der Waals surface area contributed by atoms with Gasteiger partial charge in [0.25, 0.3) is 0 Å². The van der Waals surface area contributed by atoms with E-state index in [1.54, 1.807) is 0 Å². The number of hydroxylamine groups is 1.